The molecule has 0 unspecified atom stereocenters. The molecule has 0 fully saturated rings. The molecule has 2 heterocycles. The van der Waals surface area contributed by atoms with Crippen molar-refractivity contribution in [2.45, 2.75) is 13.5 Å². The number of ether oxygens (including phenoxy) is 2. The number of tetrazole rings is 1. The number of pyridine rings is 1. The number of rotatable bonds is 9. The van der Waals surface area contributed by atoms with Gasteiger partial charge in [-0.2, -0.15) is 4.80 Å². The fourth-order valence-electron chi connectivity index (χ4n) is 2.78. The Morgan fingerprint density at radius 3 is 2.59 bits per heavy atom. The van der Waals surface area contributed by atoms with Crippen LogP contribution in [0.25, 0.3) is 5.70 Å². The Morgan fingerprint density at radius 2 is 2.00 bits per heavy atom. The lowest BCUT2D eigenvalue weighted by molar-refractivity contribution is 0.335. The van der Waals surface area contributed by atoms with Gasteiger partial charge in [-0.25, -0.2) is 14.4 Å². The van der Waals surface area contributed by atoms with Gasteiger partial charge in [0.25, 0.3) is 0 Å². The summed E-state index contributed by atoms with van der Waals surface area (Å²) in [5.74, 6) is 0.247. The Morgan fingerprint density at radius 1 is 1.22 bits per heavy atom. The van der Waals surface area contributed by atoms with Gasteiger partial charge < -0.3 is 9.47 Å². The Labute approximate surface area is 185 Å². The van der Waals surface area contributed by atoms with Crippen LogP contribution in [0, 0.1) is 5.82 Å². The molecule has 0 amide bonds. The van der Waals surface area contributed by atoms with Crippen molar-refractivity contribution in [2.75, 3.05) is 13.7 Å². The predicted octanol–water partition coefficient (Wildman–Crippen LogP) is 3.85. The third-order valence-electron chi connectivity index (χ3n) is 4.46. The van der Waals surface area contributed by atoms with Gasteiger partial charge in [0.2, 0.25) is 11.8 Å². The van der Waals surface area contributed by atoms with E-state index in [0.717, 1.165) is 22.9 Å². The van der Waals surface area contributed by atoms with Gasteiger partial charge >= 0.3 is 0 Å². The highest BCUT2D eigenvalue weighted by Gasteiger charge is 2.11. The first kappa shape index (κ1) is 22.5. The largest absolute Gasteiger partial charge is 0.481 e. The maximum atomic E-state index is 13.0. The van der Waals surface area contributed by atoms with E-state index in [1.807, 2.05) is 31.2 Å². The number of aromatic nitrogens is 5. The highest BCUT2D eigenvalue weighted by Crippen LogP contribution is 2.19. The summed E-state index contributed by atoms with van der Waals surface area (Å²) in [5.41, 5.74) is 3.87. The number of benzene rings is 1. The molecule has 164 valence electrons. The second-order valence-corrected chi connectivity index (χ2v) is 6.73. The third kappa shape index (κ3) is 5.94. The molecule has 9 heteroatoms. The van der Waals surface area contributed by atoms with Gasteiger partial charge in [0.1, 0.15) is 12.4 Å². The molecular formula is C23H23FN6O2. The molecule has 3 aromatic rings. The van der Waals surface area contributed by atoms with Crippen molar-refractivity contribution in [3.63, 3.8) is 0 Å². The lowest BCUT2D eigenvalue weighted by Crippen LogP contribution is -2.10. The van der Waals surface area contributed by atoms with Crippen LogP contribution in [0.5, 0.6) is 5.88 Å². The van der Waals surface area contributed by atoms with E-state index in [1.54, 1.807) is 6.08 Å². The van der Waals surface area contributed by atoms with E-state index >= 15 is 0 Å². The van der Waals surface area contributed by atoms with E-state index in [0.29, 0.717) is 29.6 Å². The molecule has 0 aliphatic rings. The van der Waals surface area contributed by atoms with Crippen LogP contribution in [0.15, 0.2) is 84.3 Å². The van der Waals surface area contributed by atoms with Crippen LogP contribution >= 0.6 is 0 Å². The second kappa shape index (κ2) is 10.8. The Kier molecular flexibility index (Phi) is 7.58. The highest BCUT2D eigenvalue weighted by molar-refractivity contribution is 5.99. The van der Waals surface area contributed by atoms with Crippen molar-refractivity contribution < 1.29 is 13.9 Å². The minimum atomic E-state index is -0.424. The molecule has 0 saturated heterocycles. The number of nitrogens with zero attached hydrogens (tertiary/aromatic N) is 6. The SMILES string of the molecule is C=C/C(C(=NC(=C)c1ccc(Cn2ncnn2)cc1)OC)=C(\C)COc1ccc(F)cn1. The Bertz CT molecular complexity index is 1120. The number of halogens is 1. The van der Waals surface area contributed by atoms with Gasteiger partial charge in [-0.1, -0.05) is 43.5 Å². The van der Waals surface area contributed by atoms with E-state index in [-0.39, 0.29) is 6.61 Å². The van der Waals surface area contributed by atoms with E-state index < -0.39 is 5.82 Å². The van der Waals surface area contributed by atoms with Crippen LogP contribution in [-0.2, 0) is 11.3 Å². The minimum Gasteiger partial charge on any atom is -0.481 e. The van der Waals surface area contributed by atoms with Crippen molar-refractivity contribution in [1.82, 2.24) is 25.2 Å². The lowest BCUT2D eigenvalue weighted by Gasteiger charge is -2.12. The first-order chi connectivity index (χ1) is 15.5. The van der Waals surface area contributed by atoms with E-state index in [9.17, 15) is 4.39 Å². The molecule has 0 bridgehead atoms. The Hall–Kier alpha value is -4.14. The number of hydrogen-bond donors (Lipinski definition) is 0. The molecule has 3 rings (SSSR count). The predicted molar refractivity (Wildman–Crippen MR) is 119 cm³/mol. The average molecular weight is 434 g/mol. The van der Waals surface area contributed by atoms with E-state index in [2.05, 4.69) is 38.5 Å². The molecule has 32 heavy (non-hydrogen) atoms. The van der Waals surface area contributed by atoms with Gasteiger partial charge in [0.05, 0.1) is 25.5 Å². The number of methoxy groups -OCH3 is 1. The molecule has 0 N–H and O–H groups in total. The minimum absolute atomic E-state index is 0.208. The molecule has 0 atom stereocenters. The van der Waals surface area contributed by atoms with Gasteiger partial charge in [-0.15, -0.1) is 10.2 Å². The molecule has 0 aliphatic heterocycles. The molecule has 8 nitrogen and oxygen atoms in total. The highest BCUT2D eigenvalue weighted by atomic mass is 19.1. The summed E-state index contributed by atoms with van der Waals surface area (Å²) in [6.07, 6.45) is 4.13. The molecule has 1 aromatic carbocycles. The monoisotopic (exact) mass is 434 g/mol. The van der Waals surface area contributed by atoms with Crippen molar-refractivity contribution in [3.8, 4) is 5.88 Å². The van der Waals surface area contributed by atoms with E-state index in [1.165, 1.54) is 30.4 Å². The normalized spacial score (nSPS) is 12.2. The van der Waals surface area contributed by atoms with Crippen LogP contribution in [0.4, 0.5) is 4.39 Å². The van der Waals surface area contributed by atoms with Crippen molar-refractivity contribution in [1.29, 1.82) is 0 Å². The van der Waals surface area contributed by atoms with Gasteiger partial charge in [-0.3, -0.25) is 0 Å². The molecule has 2 aromatic heterocycles. The molecule has 0 spiro atoms. The van der Waals surface area contributed by atoms with Crippen LogP contribution < -0.4 is 4.74 Å². The van der Waals surface area contributed by atoms with Crippen LogP contribution in [0.1, 0.15) is 18.1 Å². The summed E-state index contributed by atoms with van der Waals surface area (Å²) >= 11 is 0. The first-order valence-electron chi connectivity index (χ1n) is 9.68. The standard InChI is InChI=1S/C23H23FN6O2/c1-5-21(16(2)14-32-22-11-10-20(24)12-25-22)23(31-4)28-17(3)19-8-6-18(7-9-19)13-30-27-15-26-29-30/h5-12,15H,1,3,13-14H2,2,4H3/b21-16-,28-23?. The molecule has 0 radical (unpaired) electrons. The number of aliphatic imine (C=N–C) groups is 1. The Balaban J connectivity index is 1.72. The quantitative estimate of drug-likeness (QED) is 0.289. The fraction of sp³-hybridized carbons (Fsp3) is 0.174. The smallest absolute Gasteiger partial charge is 0.221 e. The summed E-state index contributed by atoms with van der Waals surface area (Å²) in [6.45, 7) is 10.5. The fourth-order valence-corrected chi connectivity index (χ4v) is 2.78. The van der Waals surface area contributed by atoms with Crippen LogP contribution in [0.2, 0.25) is 0 Å². The van der Waals surface area contributed by atoms with Crippen LogP contribution in [0.3, 0.4) is 0 Å². The van der Waals surface area contributed by atoms with Gasteiger partial charge in [0.15, 0.2) is 6.33 Å². The molecule has 0 aliphatic carbocycles. The summed E-state index contributed by atoms with van der Waals surface area (Å²) in [4.78, 5) is 9.92. The number of hydrogen-bond acceptors (Lipinski definition) is 7. The zero-order valence-electron chi connectivity index (χ0n) is 17.9. The molecular weight excluding hydrogens is 411 g/mol. The van der Waals surface area contributed by atoms with E-state index in [4.69, 9.17) is 9.47 Å². The molecule has 0 saturated carbocycles. The summed E-state index contributed by atoms with van der Waals surface area (Å²) in [5, 5.41) is 11.5. The van der Waals surface area contributed by atoms with Crippen molar-refractivity contribution >= 4 is 11.6 Å². The zero-order chi connectivity index (χ0) is 22.9. The first-order valence-corrected chi connectivity index (χ1v) is 9.68. The topological polar surface area (TPSA) is 87.3 Å². The van der Waals surface area contributed by atoms with Crippen molar-refractivity contribution in [3.05, 3.63) is 96.2 Å². The average Bonchev–Trinajstić information content (AvgIpc) is 3.32. The maximum absolute atomic E-state index is 13.0. The maximum Gasteiger partial charge on any atom is 0.221 e. The van der Waals surface area contributed by atoms with Gasteiger partial charge in [-0.05, 0) is 34.9 Å². The summed E-state index contributed by atoms with van der Waals surface area (Å²) in [7, 11) is 1.53. The van der Waals surface area contributed by atoms with Crippen LogP contribution in [-0.4, -0.2) is 44.8 Å². The summed E-state index contributed by atoms with van der Waals surface area (Å²) in [6, 6.07) is 10.5. The second-order valence-electron chi connectivity index (χ2n) is 6.73. The summed E-state index contributed by atoms with van der Waals surface area (Å²) < 4.78 is 24.1. The third-order valence-corrected chi connectivity index (χ3v) is 4.46. The van der Waals surface area contributed by atoms with Gasteiger partial charge in [0, 0.05) is 11.6 Å². The lowest BCUT2D eigenvalue weighted by atomic mass is 10.1. The zero-order valence-corrected chi connectivity index (χ0v) is 17.9. The van der Waals surface area contributed by atoms with Crippen molar-refractivity contribution in [2.24, 2.45) is 4.99 Å².